The normalized spacial score (nSPS) is 17.9. The minimum atomic E-state index is 0.310. The van der Waals surface area contributed by atoms with Crippen LogP contribution in [0.5, 0.6) is 17.2 Å². The summed E-state index contributed by atoms with van der Waals surface area (Å²) in [5.41, 5.74) is 0. The fourth-order valence-corrected chi connectivity index (χ4v) is 2.66. The summed E-state index contributed by atoms with van der Waals surface area (Å²) in [6.07, 6.45) is 6.47. The number of hydrogen-bond acceptors (Lipinski definition) is 4. The Morgan fingerprint density at radius 3 is 2.89 bits per heavy atom. The quantitative estimate of drug-likeness (QED) is 0.801. The van der Waals surface area contributed by atoms with Crippen LogP contribution in [0.2, 0.25) is 0 Å². The minimum absolute atomic E-state index is 0.310. The average molecular weight is 263 g/mol. The van der Waals surface area contributed by atoms with Gasteiger partial charge in [-0.3, -0.25) is 0 Å². The van der Waals surface area contributed by atoms with E-state index in [-0.39, 0.29) is 0 Å². The number of nitrogens with one attached hydrogen (secondary N) is 1. The number of fused-ring (bicyclic) bond motifs is 1. The summed E-state index contributed by atoms with van der Waals surface area (Å²) < 4.78 is 16.3. The molecule has 2 aliphatic rings. The topological polar surface area (TPSA) is 39.7 Å². The molecule has 0 aromatic heterocycles. The van der Waals surface area contributed by atoms with Crippen molar-refractivity contribution in [3.05, 3.63) is 18.2 Å². The summed E-state index contributed by atoms with van der Waals surface area (Å²) in [6, 6.07) is 6.46. The maximum Gasteiger partial charge on any atom is 0.231 e. The fourth-order valence-electron chi connectivity index (χ4n) is 2.66. The van der Waals surface area contributed by atoms with Crippen molar-refractivity contribution in [3.63, 3.8) is 0 Å². The first kappa shape index (κ1) is 12.6. The second-order valence-corrected chi connectivity index (χ2v) is 5.15. The van der Waals surface area contributed by atoms with E-state index >= 15 is 0 Å². The Kier molecular flexibility index (Phi) is 4.08. The van der Waals surface area contributed by atoms with Crippen molar-refractivity contribution in [3.8, 4) is 17.2 Å². The monoisotopic (exact) mass is 263 g/mol. The van der Waals surface area contributed by atoms with Gasteiger partial charge in [0.25, 0.3) is 0 Å². The second-order valence-electron chi connectivity index (χ2n) is 5.15. The lowest BCUT2D eigenvalue weighted by Crippen LogP contribution is -2.27. The molecule has 1 aromatic rings. The lowest BCUT2D eigenvalue weighted by atomic mass is 10.2. The highest BCUT2D eigenvalue weighted by Crippen LogP contribution is 2.35. The highest BCUT2D eigenvalue weighted by molar-refractivity contribution is 5.46. The van der Waals surface area contributed by atoms with Crippen LogP contribution in [0.4, 0.5) is 0 Å². The van der Waals surface area contributed by atoms with Crippen LogP contribution in [0.25, 0.3) is 0 Å². The minimum Gasteiger partial charge on any atom is -0.493 e. The van der Waals surface area contributed by atoms with Crippen LogP contribution >= 0.6 is 0 Å². The van der Waals surface area contributed by atoms with Gasteiger partial charge in [0, 0.05) is 12.1 Å². The molecule has 104 valence electrons. The maximum absolute atomic E-state index is 5.72. The van der Waals surface area contributed by atoms with E-state index < -0.39 is 0 Å². The van der Waals surface area contributed by atoms with Gasteiger partial charge in [-0.2, -0.15) is 0 Å². The molecule has 19 heavy (non-hydrogen) atoms. The zero-order valence-electron chi connectivity index (χ0n) is 11.2. The van der Waals surface area contributed by atoms with Gasteiger partial charge in [0.2, 0.25) is 6.79 Å². The molecule has 0 atom stereocenters. The van der Waals surface area contributed by atoms with Crippen LogP contribution in [0, 0.1) is 0 Å². The predicted octanol–water partition coefficient (Wildman–Crippen LogP) is 2.72. The highest BCUT2D eigenvalue weighted by atomic mass is 16.7. The van der Waals surface area contributed by atoms with Gasteiger partial charge < -0.3 is 19.5 Å². The van der Waals surface area contributed by atoms with Gasteiger partial charge in [-0.15, -0.1) is 0 Å². The van der Waals surface area contributed by atoms with Crippen LogP contribution in [-0.4, -0.2) is 26.0 Å². The van der Waals surface area contributed by atoms with E-state index in [0.29, 0.717) is 6.79 Å². The summed E-state index contributed by atoms with van der Waals surface area (Å²) in [6.45, 7) is 2.08. The molecule has 0 amide bonds. The van der Waals surface area contributed by atoms with Crippen molar-refractivity contribution in [2.24, 2.45) is 0 Å². The highest BCUT2D eigenvalue weighted by Gasteiger charge is 2.14. The van der Waals surface area contributed by atoms with E-state index in [9.17, 15) is 0 Å². The predicted molar refractivity (Wildman–Crippen MR) is 72.9 cm³/mol. The first-order chi connectivity index (χ1) is 9.42. The largest absolute Gasteiger partial charge is 0.493 e. The molecular formula is C15H21NO3. The molecule has 0 saturated heterocycles. The average Bonchev–Trinajstić information content (AvgIpc) is 3.08. The van der Waals surface area contributed by atoms with Gasteiger partial charge >= 0.3 is 0 Å². The van der Waals surface area contributed by atoms with Crippen molar-refractivity contribution in [1.29, 1.82) is 0 Å². The van der Waals surface area contributed by atoms with Gasteiger partial charge in [0.15, 0.2) is 11.5 Å². The smallest absolute Gasteiger partial charge is 0.231 e. The summed E-state index contributed by atoms with van der Waals surface area (Å²) >= 11 is 0. The summed E-state index contributed by atoms with van der Waals surface area (Å²) in [4.78, 5) is 0. The molecular weight excluding hydrogens is 242 g/mol. The third-order valence-corrected chi connectivity index (χ3v) is 3.72. The van der Waals surface area contributed by atoms with Crippen molar-refractivity contribution >= 4 is 0 Å². The van der Waals surface area contributed by atoms with E-state index in [2.05, 4.69) is 5.32 Å². The molecule has 1 saturated carbocycles. The molecule has 1 aliphatic carbocycles. The molecule has 1 fully saturated rings. The number of hydrogen-bond donors (Lipinski definition) is 1. The van der Waals surface area contributed by atoms with Gasteiger partial charge in [0.1, 0.15) is 5.75 Å². The molecule has 0 bridgehead atoms. The Morgan fingerprint density at radius 2 is 2.00 bits per heavy atom. The third-order valence-electron chi connectivity index (χ3n) is 3.72. The molecule has 1 heterocycles. The third kappa shape index (κ3) is 3.32. The number of ether oxygens (including phenoxy) is 3. The van der Waals surface area contributed by atoms with Crippen LogP contribution < -0.4 is 19.5 Å². The molecule has 3 rings (SSSR count). The number of rotatable bonds is 6. The van der Waals surface area contributed by atoms with Gasteiger partial charge in [-0.05, 0) is 37.9 Å². The second kappa shape index (κ2) is 6.15. The molecule has 1 aliphatic heterocycles. The first-order valence-electron chi connectivity index (χ1n) is 7.18. The fraction of sp³-hybridized carbons (Fsp3) is 0.600. The standard InChI is InChI=1S/C15H21NO3/c1-2-5-12(4-1)16-8-3-9-17-13-6-7-14-15(10-13)19-11-18-14/h6-7,10,12,16H,1-5,8-9,11H2. The van der Waals surface area contributed by atoms with E-state index in [1.54, 1.807) is 0 Å². The van der Waals surface area contributed by atoms with Crippen LogP contribution in [0.1, 0.15) is 32.1 Å². The molecule has 1 N–H and O–H groups in total. The Labute approximate surface area is 114 Å². The Hall–Kier alpha value is -1.42. The molecule has 4 nitrogen and oxygen atoms in total. The Bertz CT molecular complexity index is 416. The van der Waals surface area contributed by atoms with Crippen molar-refractivity contribution in [2.75, 3.05) is 19.9 Å². The Balaban J connectivity index is 1.35. The van der Waals surface area contributed by atoms with E-state index in [0.717, 1.165) is 42.9 Å². The summed E-state index contributed by atoms with van der Waals surface area (Å²) in [5, 5.41) is 3.58. The molecule has 0 radical (unpaired) electrons. The lowest BCUT2D eigenvalue weighted by molar-refractivity contribution is 0.173. The maximum atomic E-state index is 5.72. The molecule has 0 spiro atoms. The van der Waals surface area contributed by atoms with Crippen molar-refractivity contribution in [2.45, 2.75) is 38.1 Å². The summed E-state index contributed by atoms with van der Waals surface area (Å²) in [5.74, 6) is 2.43. The van der Waals surface area contributed by atoms with Crippen LogP contribution in [0.3, 0.4) is 0 Å². The zero-order valence-corrected chi connectivity index (χ0v) is 11.2. The van der Waals surface area contributed by atoms with E-state index in [1.165, 1.54) is 25.7 Å². The Morgan fingerprint density at radius 1 is 1.16 bits per heavy atom. The van der Waals surface area contributed by atoms with Gasteiger partial charge in [0.05, 0.1) is 6.61 Å². The van der Waals surface area contributed by atoms with Crippen molar-refractivity contribution < 1.29 is 14.2 Å². The van der Waals surface area contributed by atoms with Crippen LogP contribution in [-0.2, 0) is 0 Å². The summed E-state index contributed by atoms with van der Waals surface area (Å²) in [7, 11) is 0. The van der Waals surface area contributed by atoms with Gasteiger partial charge in [-0.25, -0.2) is 0 Å². The zero-order chi connectivity index (χ0) is 12.9. The van der Waals surface area contributed by atoms with Crippen molar-refractivity contribution in [1.82, 2.24) is 5.32 Å². The molecule has 0 unspecified atom stereocenters. The lowest BCUT2D eigenvalue weighted by Gasteiger charge is -2.12. The number of benzene rings is 1. The van der Waals surface area contributed by atoms with E-state index in [4.69, 9.17) is 14.2 Å². The first-order valence-corrected chi connectivity index (χ1v) is 7.18. The molecule has 1 aromatic carbocycles. The van der Waals surface area contributed by atoms with Crippen LogP contribution in [0.15, 0.2) is 18.2 Å². The van der Waals surface area contributed by atoms with Gasteiger partial charge in [-0.1, -0.05) is 12.8 Å². The SMILES string of the molecule is c1cc2c(cc1OCCCNC1CCCC1)OCO2. The van der Waals surface area contributed by atoms with E-state index in [1.807, 2.05) is 18.2 Å². The molecule has 4 heteroatoms.